The SMILES string of the molecule is CCC(C=O)N(C(=O)c1cccnc1)C(F)(F)F. The van der Waals surface area contributed by atoms with Gasteiger partial charge < -0.3 is 4.79 Å². The average molecular weight is 260 g/mol. The van der Waals surface area contributed by atoms with E-state index in [2.05, 4.69) is 4.98 Å². The molecule has 1 aromatic rings. The predicted octanol–water partition coefficient (Wildman–Crippen LogP) is 2.02. The van der Waals surface area contributed by atoms with Gasteiger partial charge in [-0.2, -0.15) is 0 Å². The first-order chi connectivity index (χ1) is 8.41. The molecule has 18 heavy (non-hydrogen) atoms. The number of nitrogens with zero attached hydrogens (tertiary/aromatic N) is 2. The van der Waals surface area contributed by atoms with E-state index in [-0.39, 0.29) is 23.2 Å². The summed E-state index contributed by atoms with van der Waals surface area (Å²) in [5, 5.41) is 0. The molecule has 0 fully saturated rings. The fourth-order valence-electron chi connectivity index (χ4n) is 1.42. The first-order valence-electron chi connectivity index (χ1n) is 5.17. The van der Waals surface area contributed by atoms with Gasteiger partial charge in [-0.05, 0) is 18.6 Å². The van der Waals surface area contributed by atoms with Gasteiger partial charge in [-0.3, -0.25) is 9.78 Å². The lowest BCUT2D eigenvalue weighted by molar-refractivity contribution is -0.233. The Bertz CT molecular complexity index is 420. The molecule has 1 atom stereocenters. The molecule has 1 heterocycles. The molecule has 0 aromatic carbocycles. The van der Waals surface area contributed by atoms with Gasteiger partial charge in [0.1, 0.15) is 6.29 Å². The Morgan fingerprint density at radius 1 is 1.56 bits per heavy atom. The van der Waals surface area contributed by atoms with E-state index in [4.69, 9.17) is 0 Å². The lowest BCUT2D eigenvalue weighted by Gasteiger charge is -2.29. The zero-order valence-corrected chi connectivity index (χ0v) is 9.52. The maximum Gasteiger partial charge on any atom is 0.488 e. The van der Waals surface area contributed by atoms with Crippen LogP contribution in [0.4, 0.5) is 13.2 Å². The van der Waals surface area contributed by atoms with Crippen molar-refractivity contribution >= 4 is 12.2 Å². The number of carbonyl (C=O) groups is 2. The summed E-state index contributed by atoms with van der Waals surface area (Å²) in [5.41, 5.74) is -0.213. The van der Waals surface area contributed by atoms with Gasteiger partial charge in [0.25, 0.3) is 5.91 Å². The smallest absolute Gasteiger partial charge is 0.301 e. The van der Waals surface area contributed by atoms with Crippen molar-refractivity contribution in [3.8, 4) is 0 Å². The van der Waals surface area contributed by atoms with E-state index < -0.39 is 18.2 Å². The first-order valence-corrected chi connectivity index (χ1v) is 5.17. The topological polar surface area (TPSA) is 50.3 Å². The van der Waals surface area contributed by atoms with Crippen LogP contribution in [0, 0.1) is 0 Å². The Hall–Kier alpha value is -1.92. The Morgan fingerprint density at radius 2 is 2.22 bits per heavy atom. The molecule has 1 rings (SSSR count). The first kappa shape index (κ1) is 14.1. The highest BCUT2D eigenvalue weighted by Crippen LogP contribution is 2.26. The second kappa shape index (κ2) is 5.61. The normalized spacial score (nSPS) is 12.9. The van der Waals surface area contributed by atoms with E-state index in [1.165, 1.54) is 25.3 Å². The average Bonchev–Trinajstić information content (AvgIpc) is 2.34. The van der Waals surface area contributed by atoms with E-state index in [1.54, 1.807) is 0 Å². The number of amides is 1. The number of alkyl halides is 3. The van der Waals surface area contributed by atoms with Crippen LogP contribution in [-0.2, 0) is 4.79 Å². The third-order valence-corrected chi connectivity index (χ3v) is 2.31. The molecule has 0 aliphatic rings. The van der Waals surface area contributed by atoms with Gasteiger partial charge in [0, 0.05) is 12.4 Å². The molecule has 0 spiro atoms. The summed E-state index contributed by atoms with van der Waals surface area (Å²) in [7, 11) is 0. The minimum absolute atomic E-state index is 0.113. The van der Waals surface area contributed by atoms with Crippen molar-refractivity contribution in [2.75, 3.05) is 0 Å². The molecule has 0 N–H and O–H groups in total. The van der Waals surface area contributed by atoms with E-state index in [0.717, 1.165) is 6.20 Å². The Balaban J connectivity index is 3.12. The predicted molar refractivity (Wildman–Crippen MR) is 56.6 cm³/mol. The van der Waals surface area contributed by atoms with Crippen LogP contribution in [0.3, 0.4) is 0 Å². The molecule has 1 amide bonds. The maximum absolute atomic E-state index is 12.8. The van der Waals surface area contributed by atoms with Gasteiger partial charge in [0.2, 0.25) is 0 Å². The van der Waals surface area contributed by atoms with Crippen LogP contribution in [0.25, 0.3) is 0 Å². The molecule has 4 nitrogen and oxygen atoms in total. The number of halogens is 3. The monoisotopic (exact) mass is 260 g/mol. The van der Waals surface area contributed by atoms with Gasteiger partial charge in [0.05, 0.1) is 11.6 Å². The van der Waals surface area contributed by atoms with E-state index >= 15 is 0 Å². The van der Waals surface area contributed by atoms with Crippen LogP contribution < -0.4 is 0 Å². The highest BCUT2D eigenvalue weighted by atomic mass is 19.4. The largest absolute Gasteiger partial charge is 0.488 e. The molecule has 0 radical (unpaired) electrons. The van der Waals surface area contributed by atoms with Crippen molar-refractivity contribution in [3.63, 3.8) is 0 Å². The van der Waals surface area contributed by atoms with Gasteiger partial charge >= 0.3 is 6.30 Å². The molecule has 0 saturated heterocycles. The van der Waals surface area contributed by atoms with Gasteiger partial charge in [-0.15, -0.1) is 13.2 Å². The minimum atomic E-state index is -4.91. The van der Waals surface area contributed by atoms with Crippen molar-refractivity contribution in [1.82, 2.24) is 9.88 Å². The molecule has 98 valence electrons. The van der Waals surface area contributed by atoms with Crippen LogP contribution in [0.15, 0.2) is 24.5 Å². The summed E-state index contributed by atoms with van der Waals surface area (Å²) in [5.74, 6) is -1.28. The molecule has 0 bridgehead atoms. The third-order valence-electron chi connectivity index (χ3n) is 2.31. The summed E-state index contributed by atoms with van der Waals surface area (Å²) in [4.78, 5) is 25.6. The number of aldehydes is 1. The molecule has 1 aromatic heterocycles. The Labute approximate surface area is 101 Å². The maximum atomic E-state index is 12.8. The van der Waals surface area contributed by atoms with Gasteiger partial charge in [0.15, 0.2) is 0 Å². The number of hydrogen-bond donors (Lipinski definition) is 0. The van der Waals surface area contributed by atoms with Crippen LogP contribution in [0.5, 0.6) is 0 Å². The molecule has 7 heteroatoms. The lowest BCUT2D eigenvalue weighted by atomic mass is 10.2. The van der Waals surface area contributed by atoms with Crippen LogP contribution >= 0.6 is 0 Å². The molecule has 0 aliphatic heterocycles. The Morgan fingerprint density at radius 3 is 2.61 bits per heavy atom. The fraction of sp³-hybridized carbons (Fsp3) is 0.364. The number of rotatable bonds is 4. The Kier molecular flexibility index (Phi) is 4.41. The minimum Gasteiger partial charge on any atom is -0.301 e. The molecular formula is C11H11F3N2O2. The second-order valence-electron chi connectivity index (χ2n) is 3.50. The molecule has 1 unspecified atom stereocenters. The van der Waals surface area contributed by atoms with Crippen LogP contribution in [0.1, 0.15) is 23.7 Å². The zero-order chi connectivity index (χ0) is 13.8. The summed E-state index contributed by atoms with van der Waals surface area (Å²) < 4.78 is 38.4. The summed E-state index contributed by atoms with van der Waals surface area (Å²) in [6.07, 6.45) is -2.55. The molecular weight excluding hydrogens is 249 g/mol. The van der Waals surface area contributed by atoms with Gasteiger partial charge in [-0.25, -0.2) is 4.90 Å². The highest BCUT2D eigenvalue weighted by molar-refractivity contribution is 5.95. The third kappa shape index (κ3) is 3.06. The zero-order valence-electron chi connectivity index (χ0n) is 9.52. The fourth-order valence-corrected chi connectivity index (χ4v) is 1.42. The van der Waals surface area contributed by atoms with Crippen molar-refractivity contribution in [2.45, 2.75) is 25.7 Å². The number of hydrogen-bond acceptors (Lipinski definition) is 3. The number of carbonyl (C=O) groups excluding carboxylic acids is 2. The van der Waals surface area contributed by atoms with Gasteiger partial charge in [-0.1, -0.05) is 6.92 Å². The van der Waals surface area contributed by atoms with E-state index in [1.807, 2.05) is 0 Å². The van der Waals surface area contributed by atoms with Crippen LogP contribution in [-0.4, -0.2) is 34.4 Å². The van der Waals surface area contributed by atoms with E-state index in [0.29, 0.717) is 0 Å². The molecule has 0 aliphatic carbocycles. The quantitative estimate of drug-likeness (QED) is 0.614. The van der Waals surface area contributed by atoms with Crippen molar-refractivity contribution in [2.24, 2.45) is 0 Å². The van der Waals surface area contributed by atoms with Crippen molar-refractivity contribution in [3.05, 3.63) is 30.1 Å². The van der Waals surface area contributed by atoms with Crippen molar-refractivity contribution in [1.29, 1.82) is 0 Å². The number of aromatic nitrogens is 1. The standard InChI is InChI=1S/C11H11F3N2O2/c1-2-9(7-17)16(11(12,13)14)10(18)8-4-3-5-15-6-8/h3-7,9H,2H2,1H3. The summed E-state index contributed by atoms with van der Waals surface area (Å²) in [6.45, 7) is 1.40. The van der Waals surface area contributed by atoms with Crippen molar-refractivity contribution < 1.29 is 22.8 Å². The number of pyridine rings is 1. The highest BCUT2D eigenvalue weighted by Gasteiger charge is 2.45. The second-order valence-corrected chi connectivity index (χ2v) is 3.50. The lowest BCUT2D eigenvalue weighted by Crippen LogP contribution is -2.50. The van der Waals surface area contributed by atoms with E-state index in [9.17, 15) is 22.8 Å². The molecule has 0 saturated carbocycles. The summed E-state index contributed by atoms with van der Waals surface area (Å²) >= 11 is 0. The summed E-state index contributed by atoms with van der Waals surface area (Å²) in [6, 6.07) is 1.03. The van der Waals surface area contributed by atoms with Crippen LogP contribution in [0.2, 0.25) is 0 Å².